The summed E-state index contributed by atoms with van der Waals surface area (Å²) in [6, 6.07) is 1.70. The maximum Gasteiger partial charge on any atom is 0.225 e. The van der Waals surface area contributed by atoms with Crippen molar-refractivity contribution in [2.45, 2.75) is 13.3 Å². The molecule has 0 radical (unpaired) electrons. The minimum Gasteiger partial charge on any atom is -0.384 e. The van der Waals surface area contributed by atoms with Crippen molar-refractivity contribution >= 4 is 17.5 Å². The fraction of sp³-hybridized carbons (Fsp3) is 0.500. The molecule has 1 saturated heterocycles. The Morgan fingerprint density at radius 3 is 2.88 bits per heavy atom. The standard InChI is InChI=1S/C10H15N5O/c1-10(9(12)16)2-3-15(5-10)8-4-7(11)13-6-14-8/h4,6H,2-3,5H2,1H3,(H2,12,16)(H2,11,13,14). The molecule has 6 nitrogen and oxygen atoms in total. The molecule has 4 N–H and O–H groups in total. The Bertz CT molecular complexity index is 421. The van der Waals surface area contributed by atoms with Gasteiger partial charge in [0.2, 0.25) is 5.91 Å². The van der Waals surface area contributed by atoms with Crippen molar-refractivity contribution in [1.82, 2.24) is 9.97 Å². The summed E-state index contributed by atoms with van der Waals surface area (Å²) in [7, 11) is 0. The first kappa shape index (κ1) is 10.7. The first-order valence-corrected chi connectivity index (χ1v) is 5.14. The zero-order chi connectivity index (χ0) is 11.8. The van der Waals surface area contributed by atoms with Gasteiger partial charge in [-0.05, 0) is 13.3 Å². The summed E-state index contributed by atoms with van der Waals surface area (Å²) < 4.78 is 0. The van der Waals surface area contributed by atoms with E-state index in [1.807, 2.05) is 11.8 Å². The third-order valence-electron chi connectivity index (χ3n) is 3.07. The van der Waals surface area contributed by atoms with E-state index in [0.29, 0.717) is 12.4 Å². The van der Waals surface area contributed by atoms with Gasteiger partial charge in [-0.2, -0.15) is 0 Å². The van der Waals surface area contributed by atoms with Crippen LogP contribution in [0.4, 0.5) is 11.6 Å². The molecule has 2 rings (SSSR count). The third-order valence-corrected chi connectivity index (χ3v) is 3.07. The summed E-state index contributed by atoms with van der Waals surface area (Å²) >= 11 is 0. The Balaban J connectivity index is 2.18. The van der Waals surface area contributed by atoms with Crippen LogP contribution in [-0.2, 0) is 4.79 Å². The molecule has 1 unspecified atom stereocenters. The van der Waals surface area contributed by atoms with Crippen LogP contribution in [0.2, 0.25) is 0 Å². The van der Waals surface area contributed by atoms with Crippen molar-refractivity contribution in [2.75, 3.05) is 23.7 Å². The SMILES string of the molecule is CC1(C(N)=O)CCN(c2cc(N)ncn2)C1. The van der Waals surface area contributed by atoms with Gasteiger partial charge in [-0.1, -0.05) is 0 Å². The van der Waals surface area contributed by atoms with Gasteiger partial charge in [0.05, 0.1) is 5.41 Å². The molecule has 1 aliphatic heterocycles. The molecule has 6 heteroatoms. The summed E-state index contributed by atoms with van der Waals surface area (Å²) in [6.07, 6.45) is 2.16. The number of rotatable bonds is 2. The van der Waals surface area contributed by atoms with Crippen LogP contribution in [0.15, 0.2) is 12.4 Å². The smallest absolute Gasteiger partial charge is 0.225 e. The Labute approximate surface area is 93.7 Å². The van der Waals surface area contributed by atoms with Gasteiger partial charge >= 0.3 is 0 Å². The molecule has 0 spiro atoms. The molecule has 16 heavy (non-hydrogen) atoms. The van der Waals surface area contributed by atoms with Gasteiger partial charge in [0.15, 0.2) is 0 Å². The number of carbonyl (C=O) groups is 1. The summed E-state index contributed by atoms with van der Waals surface area (Å²) in [5, 5.41) is 0. The lowest BCUT2D eigenvalue weighted by atomic mass is 9.89. The average molecular weight is 221 g/mol. The number of carbonyl (C=O) groups excluding carboxylic acids is 1. The van der Waals surface area contributed by atoms with E-state index in [4.69, 9.17) is 11.5 Å². The molecule has 0 aliphatic carbocycles. The first-order valence-electron chi connectivity index (χ1n) is 5.14. The number of nitrogens with zero attached hydrogens (tertiary/aromatic N) is 3. The highest BCUT2D eigenvalue weighted by atomic mass is 16.1. The summed E-state index contributed by atoms with van der Waals surface area (Å²) in [5.41, 5.74) is 10.5. The fourth-order valence-electron chi connectivity index (χ4n) is 1.89. The number of primary amides is 1. The molecule has 2 heterocycles. The highest BCUT2D eigenvalue weighted by molar-refractivity contribution is 5.82. The maximum atomic E-state index is 11.3. The van der Waals surface area contributed by atoms with Crippen LogP contribution in [0.25, 0.3) is 0 Å². The van der Waals surface area contributed by atoms with E-state index < -0.39 is 5.41 Å². The number of nitrogens with two attached hydrogens (primary N) is 2. The van der Waals surface area contributed by atoms with E-state index in [1.165, 1.54) is 6.33 Å². The van der Waals surface area contributed by atoms with Gasteiger partial charge in [-0.15, -0.1) is 0 Å². The topological polar surface area (TPSA) is 98.1 Å². The van der Waals surface area contributed by atoms with Crippen LogP contribution in [0.5, 0.6) is 0 Å². The number of hydrogen-bond donors (Lipinski definition) is 2. The second kappa shape index (κ2) is 3.62. The molecule has 0 saturated carbocycles. The Morgan fingerprint density at radius 1 is 1.56 bits per heavy atom. The monoisotopic (exact) mass is 221 g/mol. The van der Waals surface area contributed by atoms with Crippen LogP contribution in [0.3, 0.4) is 0 Å². The van der Waals surface area contributed by atoms with Crippen molar-refractivity contribution in [3.8, 4) is 0 Å². The highest BCUT2D eigenvalue weighted by Crippen LogP contribution is 2.32. The Kier molecular flexibility index (Phi) is 2.41. The lowest BCUT2D eigenvalue weighted by Crippen LogP contribution is -2.37. The van der Waals surface area contributed by atoms with E-state index >= 15 is 0 Å². The van der Waals surface area contributed by atoms with Crippen LogP contribution in [0, 0.1) is 5.41 Å². The Hall–Kier alpha value is -1.85. The second-order valence-corrected chi connectivity index (χ2v) is 4.40. The molecule has 1 fully saturated rings. The predicted octanol–water partition coefficient (Wildman–Crippen LogP) is -0.239. The Morgan fingerprint density at radius 2 is 2.31 bits per heavy atom. The molecular weight excluding hydrogens is 206 g/mol. The second-order valence-electron chi connectivity index (χ2n) is 4.40. The molecular formula is C10H15N5O. The van der Waals surface area contributed by atoms with Gasteiger partial charge in [-0.25, -0.2) is 9.97 Å². The van der Waals surface area contributed by atoms with Crippen LogP contribution in [0.1, 0.15) is 13.3 Å². The molecule has 1 aliphatic rings. The number of amides is 1. The van der Waals surface area contributed by atoms with E-state index in [0.717, 1.165) is 18.8 Å². The summed E-state index contributed by atoms with van der Waals surface area (Å²) in [5.74, 6) is 0.909. The normalized spacial score (nSPS) is 24.7. The summed E-state index contributed by atoms with van der Waals surface area (Å²) in [6.45, 7) is 3.22. The largest absolute Gasteiger partial charge is 0.384 e. The van der Waals surface area contributed by atoms with Crippen molar-refractivity contribution in [3.63, 3.8) is 0 Å². The van der Waals surface area contributed by atoms with Crippen molar-refractivity contribution in [2.24, 2.45) is 11.1 Å². The molecule has 1 aromatic heterocycles. The van der Waals surface area contributed by atoms with Gasteiger partial charge < -0.3 is 16.4 Å². The van der Waals surface area contributed by atoms with Crippen LogP contribution in [-0.4, -0.2) is 29.0 Å². The summed E-state index contributed by atoms with van der Waals surface area (Å²) in [4.78, 5) is 21.3. The molecule has 1 atom stereocenters. The van der Waals surface area contributed by atoms with E-state index in [2.05, 4.69) is 9.97 Å². The number of aromatic nitrogens is 2. The lowest BCUT2D eigenvalue weighted by molar-refractivity contribution is -0.125. The third kappa shape index (κ3) is 1.78. The number of nitrogen functional groups attached to an aromatic ring is 1. The predicted molar refractivity (Wildman–Crippen MR) is 60.6 cm³/mol. The quantitative estimate of drug-likeness (QED) is 0.718. The minimum absolute atomic E-state index is 0.267. The lowest BCUT2D eigenvalue weighted by Gasteiger charge is -2.21. The van der Waals surface area contributed by atoms with Crippen molar-refractivity contribution in [1.29, 1.82) is 0 Å². The molecule has 1 aromatic rings. The maximum absolute atomic E-state index is 11.3. The fourth-order valence-corrected chi connectivity index (χ4v) is 1.89. The van der Waals surface area contributed by atoms with Gasteiger partial charge in [0.1, 0.15) is 18.0 Å². The van der Waals surface area contributed by atoms with Gasteiger partial charge in [0.25, 0.3) is 0 Å². The molecule has 86 valence electrons. The average Bonchev–Trinajstić information content (AvgIpc) is 2.62. The van der Waals surface area contributed by atoms with Crippen LogP contribution >= 0.6 is 0 Å². The van der Waals surface area contributed by atoms with Crippen molar-refractivity contribution < 1.29 is 4.79 Å². The van der Waals surface area contributed by atoms with Crippen molar-refractivity contribution in [3.05, 3.63) is 12.4 Å². The molecule has 0 aromatic carbocycles. The first-order chi connectivity index (χ1) is 7.51. The molecule has 0 bridgehead atoms. The minimum atomic E-state index is -0.473. The van der Waals surface area contributed by atoms with E-state index in [9.17, 15) is 4.79 Å². The zero-order valence-electron chi connectivity index (χ0n) is 9.18. The number of anilines is 2. The molecule has 1 amide bonds. The van der Waals surface area contributed by atoms with E-state index in [1.54, 1.807) is 6.07 Å². The van der Waals surface area contributed by atoms with Gasteiger partial charge in [0, 0.05) is 19.2 Å². The van der Waals surface area contributed by atoms with E-state index in [-0.39, 0.29) is 5.91 Å². The van der Waals surface area contributed by atoms with Crippen LogP contribution < -0.4 is 16.4 Å². The van der Waals surface area contributed by atoms with Gasteiger partial charge in [-0.3, -0.25) is 4.79 Å². The highest BCUT2D eigenvalue weighted by Gasteiger charge is 2.39. The zero-order valence-corrected chi connectivity index (χ0v) is 9.18. The number of hydrogen-bond acceptors (Lipinski definition) is 5.